The van der Waals surface area contributed by atoms with Crippen LogP contribution in [0.25, 0.3) is 0 Å². The maximum atomic E-state index is 13.9. The van der Waals surface area contributed by atoms with E-state index in [2.05, 4.69) is 10.6 Å². The summed E-state index contributed by atoms with van der Waals surface area (Å²) in [6.07, 6.45) is 0. The lowest BCUT2D eigenvalue weighted by atomic mass is 10.1. The van der Waals surface area contributed by atoms with Crippen molar-refractivity contribution in [1.82, 2.24) is 5.32 Å². The second-order valence-corrected chi connectivity index (χ2v) is 5.77. The number of carbonyl (C=O) groups is 2. The quantitative estimate of drug-likeness (QED) is 0.874. The molecule has 0 spiro atoms. The Morgan fingerprint density at radius 2 is 1.79 bits per heavy atom. The minimum atomic E-state index is -0.681. The number of nitrogens with one attached hydrogen (secondary N) is 2. The molecule has 4 nitrogen and oxygen atoms in total. The van der Waals surface area contributed by atoms with Gasteiger partial charge in [-0.25, -0.2) is 4.39 Å². The van der Waals surface area contributed by atoms with Crippen molar-refractivity contribution in [3.8, 4) is 0 Å². The summed E-state index contributed by atoms with van der Waals surface area (Å²) in [6, 6.07) is 7.60. The Hall–Kier alpha value is -2.40. The van der Waals surface area contributed by atoms with Crippen LogP contribution >= 0.6 is 11.6 Å². The third-order valence-electron chi connectivity index (χ3n) is 3.59. The Balaban J connectivity index is 2.27. The highest BCUT2D eigenvalue weighted by molar-refractivity contribution is 6.35. The molecule has 2 amide bonds. The fraction of sp³-hybridized carbons (Fsp3) is 0.222. The summed E-state index contributed by atoms with van der Waals surface area (Å²) in [5.74, 6) is -1.50. The maximum Gasteiger partial charge on any atom is 0.260 e. The number of amides is 2. The summed E-state index contributed by atoms with van der Waals surface area (Å²) >= 11 is 6.05. The molecular weight excluding hydrogens is 331 g/mol. The largest absolute Gasteiger partial charge is 0.352 e. The number of halogens is 2. The summed E-state index contributed by atoms with van der Waals surface area (Å²) in [5, 5.41) is 5.43. The Morgan fingerprint density at radius 3 is 2.42 bits per heavy atom. The Kier molecular flexibility index (Phi) is 5.57. The zero-order chi connectivity index (χ0) is 17.9. The summed E-state index contributed by atoms with van der Waals surface area (Å²) in [6.45, 7) is 5.82. The molecule has 0 radical (unpaired) electrons. The number of aryl methyl sites for hydroxylation is 2. The van der Waals surface area contributed by atoms with Gasteiger partial charge in [0, 0.05) is 17.8 Å². The molecule has 126 valence electrons. The van der Waals surface area contributed by atoms with Crippen molar-refractivity contribution in [2.24, 2.45) is 0 Å². The van der Waals surface area contributed by atoms with E-state index in [-0.39, 0.29) is 16.5 Å². The second kappa shape index (κ2) is 7.45. The molecule has 0 bridgehead atoms. The summed E-state index contributed by atoms with van der Waals surface area (Å²) < 4.78 is 13.9. The molecule has 0 atom stereocenters. The molecule has 2 aromatic carbocycles. The standard InChI is InChI=1S/C18H18ClFN2O2/c1-4-21-17(23)12-6-8-14(11(3)9-12)22-18(24)15-13(20)7-5-10(2)16(15)19/h5-9H,4H2,1-3H3,(H,21,23)(H,22,24). The first-order valence-electron chi connectivity index (χ1n) is 7.50. The van der Waals surface area contributed by atoms with E-state index in [1.165, 1.54) is 12.1 Å². The van der Waals surface area contributed by atoms with E-state index < -0.39 is 11.7 Å². The van der Waals surface area contributed by atoms with Crippen molar-refractivity contribution in [3.05, 3.63) is 63.4 Å². The van der Waals surface area contributed by atoms with Crippen LogP contribution in [-0.4, -0.2) is 18.4 Å². The predicted molar refractivity (Wildman–Crippen MR) is 93.3 cm³/mol. The van der Waals surface area contributed by atoms with Crippen LogP contribution in [0.15, 0.2) is 30.3 Å². The number of hydrogen-bond donors (Lipinski definition) is 2. The first-order chi connectivity index (χ1) is 11.3. The average molecular weight is 349 g/mol. The minimum Gasteiger partial charge on any atom is -0.352 e. The SMILES string of the molecule is CCNC(=O)c1ccc(NC(=O)c2c(F)ccc(C)c2Cl)c(C)c1. The molecule has 6 heteroatoms. The molecule has 0 unspecified atom stereocenters. The number of rotatable bonds is 4. The van der Waals surface area contributed by atoms with Crippen LogP contribution in [0.2, 0.25) is 5.02 Å². The van der Waals surface area contributed by atoms with Crippen LogP contribution in [0.5, 0.6) is 0 Å². The Labute approximate surface area is 145 Å². The maximum absolute atomic E-state index is 13.9. The van der Waals surface area contributed by atoms with Crippen LogP contribution in [-0.2, 0) is 0 Å². The number of carbonyl (C=O) groups excluding carboxylic acids is 2. The van der Waals surface area contributed by atoms with Gasteiger partial charge in [-0.15, -0.1) is 0 Å². The van der Waals surface area contributed by atoms with Gasteiger partial charge in [-0.2, -0.15) is 0 Å². The van der Waals surface area contributed by atoms with E-state index in [9.17, 15) is 14.0 Å². The molecule has 2 N–H and O–H groups in total. The molecule has 2 rings (SSSR count). The Bertz CT molecular complexity index is 806. The van der Waals surface area contributed by atoms with E-state index in [1.54, 1.807) is 32.0 Å². The van der Waals surface area contributed by atoms with Crippen molar-refractivity contribution >= 4 is 29.1 Å². The highest BCUT2D eigenvalue weighted by Crippen LogP contribution is 2.25. The summed E-state index contributed by atoms with van der Waals surface area (Å²) in [5.41, 5.74) is 2.10. The molecule has 2 aromatic rings. The van der Waals surface area contributed by atoms with E-state index in [4.69, 9.17) is 11.6 Å². The molecule has 0 fully saturated rings. The van der Waals surface area contributed by atoms with Gasteiger partial charge in [0.15, 0.2) is 0 Å². The molecule has 0 aliphatic heterocycles. The van der Waals surface area contributed by atoms with E-state index in [0.717, 1.165) is 0 Å². The van der Waals surface area contributed by atoms with Crippen LogP contribution in [0.4, 0.5) is 10.1 Å². The van der Waals surface area contributed by atoms with Gasteiger partial charge < -0.3 is 10.6 Å². The monoisotopic (exact) mass is 348 g/mol. The molecule has 0 saturated carbocycles. The van der Waals surface area contributed by atoms with Gasteiger partial charge in [0.1, 0.15) is 5.82 Å². The molecular formula is C18H18ClFN2O2. The topological polar surface area (TPSA) is 58.2 Å². The van der Waals surface area contributed by atoms with Gasteiger partial charge in [-0.1, -0.05) is 17.7 Å². The highest BCUT2D eigenvalue weighted by atomic mass is 35.5. The van der Waals surface area contributed by atoms with Gasteiger partial charge in [-0.3, -0.25) is 9.59 Å². The van der Waals surface area contributed by atoms with Crippen LogP contribution in [0.1, 0.15) is 38.8 Å². The lowest BCUT2D eigenvalue weighted by Crippen LogP contribution is -2.23. The van der Waals surface area contributed by atoms with Crippen LogP contribution in [0, 0.1) is 19.7 Å². The van der Waals surface area contributed by atoms with Crippen molar-refractivity contribution < 1.29 is 14.0 Å². The predicted octanol–water partition coefficient (Wildman–Crippen LogP) is 4.10. The normalized spacial score (nSPS) is 10.4. The van der Waals surface area contributed by atoms with Crippen molar-refractivity contribution in [3.63, 3.8) is 0 Å². The summed E-state index contributed by atoms with van der Waals surface area (Å²) in [7, 11) is 0. The number of anilines is 1. The van der Waals surface area contributed by atoms with Crippen molar-refractivity contribution in [1.29, 1.82) is 0 Å². The number of benzene rings is 2. The van der Waals surface area contributed by atoms with E-state index in [1.807, 2.05) is 6.92 Å². The number of hydrogen-bond acceptors (Lipinski definition) is 2. The van der Waals surface area contributed by atoms with Crippen LogP contribution < -0.4 is 10.6 Å². The zero-order valence-corrected chi connectivity index (χ0v) is 14.4. The molecule has 0 aliphatic rings. The third-order valence-corrected chi connectivity index (χ3v) is 4.07. The van der Waals surface area contributed by atoms with Crippen molar-refractivity contribution in [2.45, 2.75) is 20.8 Å². The zero-order valence-electron chi connectivity index (χ0n) is 13.7. The molecule has 0 heterocycles. The lowest BCUT2D eigenvalue weighted by molar-refractivity contribution is 0.0955. The molecule has 0 aliphatic carbocycles. The fourth-order valence-electron chi connectivity index (χ4n) is 2.26. The first kappa shape index (κ1) is 17.9. The van der Waals surface area contributed by atoms with Crippen molar-refractivity contribution in [2.75, 3.05) is 11.9 Å². The fourth-order valence-corrected chi connectivity index (χ4v) is 2.50. The molecule has 0 saturated heterocycles. The van der Waals surface area contributed by atoms with Gasteiger partial charge >= 0.3 is 0 Å². The minimum absolute atomic E-state index is 0.0871. The first-order valence-corrected chi connectivity index (χ1v) is 7.87. The lowest BCUT2D eigenvalue weighted by Gasteiger charge is -2.12. The second-order valence-electron chi connectivity index (χ2n) is 5.40. The smallest absolute Gasteiger partial charge is 0.260 e. The summed E-state index contributed by atoms with van der Waals surface area (Å²) in [4.78, 5) is 24.2. The highest BCUT2D eigenvalue weighted by Gasteiger charge is 2.18. The average Bonchev–Trinajstić information content (AvgIpc) is 2.53. The van der Waals surface area contributed by atoms with E-state index >= 15 is 0 Å². The third kappa shape index (κ3) is 3.74. The van der Waals surface area contributed by atoms with Crippen LogP contribution in [0.3, 0.4) is 0 Å². The molecule has 24 heavy (non-hydrogen) atoms. The van der Waals surface area contributed by atoms with Gasteiger partial charge in [0.05, 0.1) is 10.6 Å². The Morgan fingerprint density at radius 1 is 1.08 bits per heavy atom. The van der Waals surface area contributed by atoms with Gasteiger partial charge in [0.25, 0.3) is 11.8 Å². The van der Waals surface area contributed by atoms with E-state index in [0.29, 0.717) is 28.9 Å². The molecule has 0 aromatic heterocycles. The van der Waals surface area contributed by atoms with Gasteiger partial charge in [0.2, 0.25) is 0 Å². The van der Waals surface area contributed by atoms with Gasteiger partial charge in [-0.05, 0) is 56.2 Å².